The van der Waals surface area contributed by atoms with Crippen LogP contribution in [0.25, 0.3) is 0 Å². The molecule has 0 spiro atoms. The second kappa shape index (κ2) is 10.7. The molecule has 0 aliphatic carbocycles. The maximum Gasteiger partial charge on any atom is 0.323 e. The number of thiocarbonyl (C=S) groups is 1. The fourth-order valence-corrected chi connectivity index (χ4v) is 7.78. The van der Waals surface area contributed by atoms with Gasteiger partial charge in [-0.1, -0.05) is 71.3 Å². The summed E-state index contributed by atoms with van der Waals surface area (Å²) in [4.78, 5) is 54.1. The highest BCUT2D eigenvalue weighted by Crippen LogP contribution is 2.47. The third-order valence-electron chi connectivity index (χ3n) is 5.34. The average Bonchev–Trinajstić information content (AvgIpc) is 3.40. The van der Waals surface area contributed by atoms with Gasteiger partial charge < -0.3 is 15.1 Å². The lowest BCUT2D eigenvalue weighted by Crippen LogP contribution is -2.35. The van der Waals surface area contributed by atoms with Crippen LogP contribution in [0.15, 0.2) is 61.8 Å². The summed E-state index contributed by atoms with van der Waals surface area (Å²) in [5, 5.41) is 18.9. The molecule has 2 amide bonds. The zero-order valence-corrected chi connectivity index (χ0v) is 22.4. The van der Waals surface area contributed by atoms with Gasteiger partial charge in [0.2, 0.25) is 5.91 Å². The lowest BCUT2D eigenvalue weighted by atomic mass is 10.2. The van der Waals surface area contributed by atoms with Crippen molar-refractivity contribution in [3.8, 4) is 0 Å². The summed E-state index contributed by atoms with van der Waals surface area (Å²) >= 11 is 8.72. The summed E-state index contributed by atoms with van der Waals surface area (Å²) in [5.41, 5.74) is 1.93. The Morgan fingerprint density at radius 1 is 1.06 bits per heavy atom. The van der Waals surface area contributed by atoms with E-state index in [4.69, 9.17) is 17.3 Å². The van der Waals surface area contributed by atoms with Gasteiger partial charge in [0.1, 0.15) is 27.6 Å². The van der Waals surface area contributed by atoms with E-state index in [-0.39, 0.29) is 14.3 Å². The molecule has 1 aromatic rings. The lowest BCUT2D eigenvalue weighted by molar-refractivity contribution is -0.142. The van der Waals surface area contributed by atoms with Gasteiger partial charge in [-0.15, -0.1) is 0 Å². The topological polar surface area (TPSA) is 118 Å². The summed E-state index contributed by atoms with van der Waals surface area (Å²) in [6.45, 7) is 3.47. The van der Waals surface area contributed by atoms with E-state index in [1.54, 1.807) is 17.8 Å². The van der Waals surface area contributed by atoms with Crippen LogP contribution in [-0.2, 0) is 19.2 Å². The van der Waals surface area contributed by atoms with Crippen molar-refractivity contribution in [2.24, 2.45) is 0 Å². The predicted molar refractivity (Wildman–Crippen MR) is 144 cm³/mol. The third-order valence-corrected chi connectivity index (χ3v) is 9.26. The summed E-state index contributed by atoms with van der Waals surface area (Å²) in [6.07, 6.45) is 3.73. The Labute approximate surface area is 225 Å². The Kier molecular flexibility index (Phi) is 7.83. The number of thioether (sulfide) groups is 3. The minimum Gasteiger partial charge on any atom is -0.480 e. The normalized spacial score (nSPS) is 23.3. The van der Waals surface area contributed by atoms with E-state index in [9.17, 15) is 24.3 Å². The highest BCUT2D eigenvalue weighted by molar-refractivity contribution is 8.27. The molecule has 3 aliphatic rings. The van der Waals surface area contributed by atoms with Crippen LogP contribution >= 0.6 is 47.5 Å². The van der Waals surface area contributed by atoms with Gasteiger partial charge in [0.25, 0.3) is 5.91 Å². The van der Waals surface area contributed by atoms with Crippen LogP contribution in [0, 0.1) is 0 Å². The Morgan fingerprint density at radius 3 is 2.39 bits per heavy atom. The largest absolute Gasteiger partial charge is 0.480 e. The molecule has 2 N–H and O–H groups in total. The van der Waals surface area contributed by atoms with Crippen molar-refractivity contribution < 1.29 is 29.4 Å². The summed E-state index contributed by atoms with van der Waals surface area (Å²) < 4.78 is 0.0469. The quantitative estimate of drug-likeness (QED) is 0.375. The molecule has 0 aromatic heterocycles. The van der Waals surface area contributed by atoms with Gasteiger partial charge >= 0.3 is 11.9 Å². The molecule has 0 saturated carbocycles. The van der Waals surface area contributed by atoms with Gasteiger partial charge in [0.15, 0.2) is 0 Å². The molecule has 2 saturated heterocycles. The van der Waals surface area contributed by atoms with E-state index in [1.807, 2.05) is 25.1 Å². The molecule has 188 valence electrons. The van der Waals surface area contributed by atoms with E-state index in [0.29, 0.717) is 0 Å². The van der Waals surface area contributed by atoms with Crippen molar-refractivity contribution in [3.05, 3.63) is 57.0 Å². The third kappa shape index (κ3) is 5.19. The number of para-hydroxylation sites is 1. The van der Waals surface area contributed by atoms with Crippen LogP contribution in [-0.4, -0.2) is 73.0 Å². The second-order valence-corrected chi connectivity index (χ2v) is 11.7. The number of fused-ring (bicyclic) bond motifs is 1. The number of carboxylic acids is 2. The smallest absolute Gasteiger partial charge is 0.323 e. The number of carboxylic acid groups (broad SMARTS) is 2. The van der Waals surface area contributed by atoms with Crippen LogP contribution < -0.4 is 4.90 Å². The number of carbonyl (C=O) groups is 4. The molecule has 9 nitrogen and oxygen atoms in total. The number of allylic oxidation sites excluding steroid dienone is 2. The Balaban J connectivity index is 1.63. The first-order chi connectivity index (χ1) is 17.1. The monoisotopic (exact) mass is 563 g/mol. The maximum absolute atomic E-state index is 13.2. The molecule has 3 aliphatic heterocycles. The van der Waals surface area contributed by atoms with Gasteiger partial charge in [0, 0.05) is 11.4 Å². The molecule has 13 heteroatoms. The number of carbonyl (C=O) groups excluding carboxylic acids is 2. The number of nitrogens with zero attached hydrogens (tertiary/aromatic N) is 3. The van der Waals surface area contributed by atoms with Crippen molar-refractivity contribution in [1.29, 1.82) is 0 Å². The first-order valence-electron chi connectivity index (χ1n) is 10.7. The fraction of sp³-hybridized carbons (Fsp3) is 0.261. The van der Waals surface area contributed by atoms with E-state index in [0.717, 1.165) is 61.1 Å². The highest BCUT2D eigenvalue weighted by Gasteiger charge is 2.44. The van der Waals surface area contributed by atoms with Crippen molar-refractivity contribution >= 4 is 81.3 Å². The van der Waals surface area contributed by atoms with Crippen LogP contribution in [0.5, 0.6) is 0 Å². The Morgan fingerprint density at radius 2 is 1.72 bits per heavy atom. The first kappa shape index (κ1) is 26.3. The second-order valence-electron chi connectivity index (χ2n) is 7.85. The number of amides is 2. The number of anilines is 1. The SMILES string of the molecule is CCN1/C(=C\C(C)=C\C2S/C(=C3\SC(=S)N(CC(=O)O)C3=O)N(CC(=O)O)C2=O)Sc2ccccc21. The number of aliphatic carboxylic acids is 2. The number of hydrogen-bond acceptors (Lipinski definition) is 9. The molecule has 36 heavy (non-hydrogen) atoms. The van der Waals surface area contributed by atoms with Gasteiger partial charge in [-0.25, -0.2) is 0 Å². The standard InChI is InChI=1S/C23H21N3O6S4/c1-3-24-13-6-4-5-7-14(13)34-16(24)9-12(2)8-15-20(31)25(10-17(27)28)22(35-15)19-21(32)26(11-18(29)30)23(33)36-19/h4-9,15H,3,10-11H2,1-2H3,(H,27,28)(H,29,30)/b12-8+,16-9+,22-19-. The van der Waals surface area contributed by atoms with Gasteiger partial charge in [-0.05, 0) is 32.1 Å². The molecule has 2 fully saturated rings. The molecule has 1 atom stereocenters. The van der Waals surface area contributed by atoms with Crippen LogP contribution in [0.2, 0.25) is 0 Å². The number of rotatable bonds is 7. The van der Waals surface area contributed by atoms with Crippen molar-refractivity contribution in [2.45, 2.75) is 24.0 Å². The molecular formula is C23H21N3O6S4. The molecule has 4 rings (SSSR count). The summed E-state index contributed by atoms with van der Waals surface area (Å²) in [7, 11) is 0. The average molecular weight is 564 g/mol. The van der Waals surface area contributed by atoms with Gasteiger partial charge in [0.05, 0.1) is 15.7 Å². The first-order valence-corrected chi connectivity index (χ1v) is 13.7. The molecule has 1 unspecified atom stereocenters. The molecule has 1 aromatic carbocycles. The zero-order chi connectivity index (χ0) is 26.1. The summed E-state index contributed by atoms with van der Waals surface area (Å²) in [5.74, 6) is -3.58. The number of benzene rings is 1. The van der Waals surface area contributed by atoms with E-state index < -0.39 is 42.1 Å². The van der Waals surface area contributed by atoms with Crippen molar-refractivity contribution in [1.82, 2.24) is 9.80 Å². The van der Waals surface area contributed by atoms with E-state index >= 15 is 0 Å². The predicted octanol–water partition coefficient (Wildman–Crippen LogP) is 3.55. The van der Waals surface area contributed by atoms with Crippen molar-refractivity contribution in [2.75, 3.05) is 24.5 Å². The zero-order valence-electron chi connectivity index (χ0n) is 19.2. The molecular weight excluding hydrogens is 543 g/mol. The van der Waals surface area contributed by atoms with E-state index in [1.165, 1.54) is 0 Å². The molecule has 0 radical (unpaired) electrons. The Bertz CT molecular complexity index is 1270. The fourth-order valence-electron chi connectivity index (χ4n) is 3.82. The maximum atomic E-state index is 13.2. The van der Waals surface area contributed by atoms with Crippen LogP contribution in [0.1, 0.15) is 13.8 Å². The molecule has 3 heterocycles. The van der Waals surface area contributed by atoms with E-state index in [2.05, 4.69) is 24.0 Å². The van der Waals surface area contributed by atoms with Gasteiger partial charge in [-0.2, -0.15) is 0 Å². The highest BCUT2D eigenvalue weighted by atomic mass is 32.2. The van der Waals surface area contributed by atoms with Crippen LogP contribution in [0.4, 0.5) is 5.69 Å². The minimum absolute atomic E-state index is 0.0469. The number of hydrogen-bond donors (Lipinski definition) is 2. The van der Waals surface area contributed by atoms with Crippen molar-refractivity contribution in [3.63, 3.8) is 0 Å². The molecule has 0 bridgehead atoms. The summed E-state index contributed by atoms with van der Waals surface area (Å²) in [6, 6.07) is 8.07. The van der Waals surface area contributed by atoms with Crippen LogP contribution in [0.3, 0.4) is 0 Å². The lowest BCUT2D eigenvalue weighted by Gasteiger charge is -2.18. The Hall–Kier alpha value is -2.74. The van der Waals surface area contributed by atoms with Gasteiger partial charge in [-0.3, -0.25) is 29.0 Å². The minimum atomic E-state index is -1.23.